The van der Waals surface area contributed by atoms with Crippen LogP contribution in [0.15, 0.2) is 30.3 Å². The van der Waals surface area contributed by atoms with Gasteiger partial charge in [-0.05, 0) is 47.9 Å². The average Bonchev–Trinajstić information content (AvgIpc) is 2.85. The summed E-state index contributed by atoms with van der Waals surface area (Å²) in [5.41, 5.74) is 23.1. The highest BCUT2D eigenvalue weighted by Gasteiger charge is 2.15. The van der Waals surface area contributed by atoms with Crippen LogP contribution >= 0.6 is 12.4 Å². The van der Waals surface area contributed by atoms with Gasteiger partial charge in [-0.25, -0.2) is 0 Å². The molecule has 2 aromatic rings. The highest BCUT2D eigenvalue weighted by atomic mass is 35.5. The zero-order chi connectivity index (χ0) is 26.5. The maximum atomic E-state index is 10.3. The van der Waals surface area contributed by atoms with Crippen LogP contribution in [0.3, 0.4) is 0 Å². The smallest absolute Gasteiger partial charge is 0.234 e. The minimum atomic E-state index is -0.757. The van der Waals surface area contributed by atoms with Crippen LogP contribution in [0.4, 0.5) is 5.69 Å². The largest absolute Gasteiger partial charge is 0.495 e. The molecule has 2 amide bonds. The molecule has 0 radical (unpaired) electrons. The van der Waals surface area contributed by atoms with Crippen LogP contribution in [0.5, 0.6) is 23.0 Å². The van der Waals surface area contributed by atoms with Gasteiger partial charge in [-0.1, -0.05) is 6.07 Å². The maximum Gasteiger partial charge on any atom is 0.234 e. The van der Waals surface area contributed by atoms with Crippen LogP contribution in [0, 0.1) is 11.3 Å². The van der Waals surface area contributed by atoms with E-state index >= 15 is 0 Å². The topological polar surface area (TPSA) is 199 Å². The first-order valence-electron chi connectivity index (χ1n) is 10.3. The SMILES string of the molecule is COc1ccc(C=C(C#N)c2cc(OC)c(OC)c(OC)c2)cc1N.Cl.NC(=O)CC[C@H](N)C(N)=O. The molecule has 8 N–H and O–H groups in total. The fraction of sp³-hybridized carbons (Fsp3) is 0.292. The summed E-state index contributed by atoms with van der Waals surface area (Å²) in [6.45, 7) is 0. The van der Waals surface area contributed by atoms with Crippen LogP contribution in [-0.2, 0) is 9.59 Å². The predicted molar refractivity (Wildman–Crippen MR) is 140 cm³/mol. The monoisotopic (exact) mass is 521 g/mol. The molecule has 11 nitrogen and oxygen atoms in total. The first-order valence-corrected chi connectivity index (χ1v) is 10.3. The number of primary amides is 2. The Morgan fingerprint density at radius 3 is 1.92 bits per heavy atom. The standard InChI is InChI=1S/C19H20N2O4.C5H11N3O2.ClH/c1-22-16-6-5-12(8-15(16)21)7-14(11-20)13-9-17(23-2)19(25-4)18(10-13)24-3;6-3(5(8)10)1-2-4(7)9;/h5-10H,21H2,1-4H3;3H,1-2,6H2,(H2,7,9)(H2,8,10);1H/t;3-;/m.0./s1. The Bertz CT molecular complexity index is 1090. The summed E-state index contributed by atoms with van der Waals surface area (Å²) < 4.78 is 21.1. The molecule has 36 heavy (non-hydrogen) atoms. The van der Waals surface area contributed by atoms with Gasteiger partial charge in [-0.3, -0.25) is 9.59 Å². The first-order chi connectivity index (χ1) is 16.6. The van der Waals surface area contributed by atoms with Crippen LogP contribution < -0.4 is 41.9 Å². The second-order valence-corrected chi connectivity index (χ2v) is 7.10. The zero-order valence-corrected chi connectivity index (χ0v) is 21.4. The lowest BCUT2D eigenvalue weighted by Gasteiger charge is -2.14. The van der Waals surface area contributed by atoms with Crippen LogP contribution in [0.2, 0.25) is 0 Å². The Morgan fingerprint density at radius 2 is 1.53 bits per heavy atom. The van der Waals surface area contributed by atoms with Gasteiger partial charge >= 0.3 is 0 Å². The molecule has 2 aromatic carbocycles. The third-order valence-electron chi connectivity index (χ3n) is 4.73. The van der Waals surface area contributed by atoms with Crippen molar-refractivity contribution in [3.63, 3.8) is 0 Å². The highest BCUT2D eigenvalue weighted by molar-refractivity contribution is 5.91. The van der Waals surface area contributed by atoms with Gasteiger partial charge in [0.15, 0.2) is 11.5 Å². The molecule has 0 spiro atoms. The summed E-state index contributed by atoms with van der Waals surface area (Å²) in [5, 5.41) is 9.58. The molecule has 0 fully saturated rings. The second kappa shape index (κ2) is 15.7. The highest BCUT2D eigenvalue weighted by Crippen LogP contribution is 2.40. The predicted octanol–water partition coefficient (Wildman–Crippen LogP) is 1.85. The molecule has 0 heterocycles. The number of carbonyl (C=O) groups is 2. The van der Waals surface area contributed by atoms with Crippen molar-refractivity contribution in [1.29, 1.82) is 5.26 Å². The fourth-order valence-corrected chi connectivity index (χ4v) is 2.87. The Hall–Kier alpha value is -4.14. The number of rotatable bonds is 10. The Labute approximate surface area is 216 Å². The summed E-state index contributed by atoms with van der Waals surface area (Å²) in [6.07, 6.45) is 2.06. The minimum Gasteiger partial charge on any atom is -0.495 e. The number of benzene rings is 2. The summed E-state index contributed by atoms with van der Waals surface area (Å²) in [4.78, 5) is 20.4. The summed E-state index contributed by atoms with van der Waals surface area (Å²) >= 11 is 0. The van der Waals surface area contributed by atoms with E-state index in [-0.39, 0.29) is 25.2 Å². The normalized spacial score (nSPS) is 10.9. The Morgan fingerprint density at radius 1 is 0.972 bits per heavy atom. The Kier molecular flexibility index (Phi) is 13.9. The molecule has 0 aromatic heterocycles. The molecule has 0 unspecified atom stereocenters. The molecule has 196 valence electrons. The van der Waals surface area contributed by atoms with Gasteiger partial charge in [0.2, 0.25) is 17.6 Å². The molecular formula is C24H32ClN5O6. The number of halogens is 1. The first kappa shape index (κ1) is 31.9. The van der Waals surface area contributed by atoms with Crippen molar-refractivity contribution in [3.05, 3.63) is 41.5 Å². The van der Waals surface area contributed by atoms with Gasteiger partial charge < -0.3 is 41.9 Å². The van der Waals surface area contributed by atoms with Crippen LogP contribution in [-0.4, -0.2) is 46.3 Å². The molecule has 1 atom stereocenters. The van der Waals surface area contributed by atoms with E-state index in [4.69, 9.17) is 41.9 Å². The minimum absolute atomic E-state index is 0. The number of methoxy groups -OCH3 is 4. The zero-order valence-electron chi connectivity index (χ0n) is 20.6. The molecular weight excluding hydrogens is 490 g/mol. The lowest BCUT2D eigenvalue weighted by molar-refractivity contribution is -0.120. The van der Waals surface area contributed by atoms with Gasteiger partial charge in [-0.15, -0.1) is 12.4 Å². The lowest BCUT2D eigenvalue weighted by Crippen LogP contribution is -2.37. The number of nitrogens with zero attached hydrogens (tertiary/aromatic N) is 1. The van der Waals surface area contributed by atoms with E-state index < -0.39 is 17.9 Å². The van der Waals surface area contributed by atoms with E-state index in [1.807, 2.05) is 6.07 Å². The van der Waals surface area contributed by atoms with E-state index in [0.29, 0.717) is 39.8 Å². The van der Waals surface area contributed by atoms with Crippen molar-refractivity contribution in [2.45, 2.75) is 18.9 Å². The quantitative estimate of drug-likeness (QED) is 0.204. The molecule has 0 saturated carbocycles. The van der Waals surface area contributed by atoms with Crippen LogP contribution in [0.25, 0.3) is 11.6 Å². The molecule has 0 aliphatic heterocycles. The number of nitrogens with two attached hydrogens (primary N) is 4. The van der Waals surface area contributed by atoms with Crippen molar-refractivity contribution in [1.82, 2.24) is 0 Å². The number of nitrogen functional groups attached to an aromatic ring is 1. The van der Waals surface area contributed by atoms with E-state index in [0.717, 1.165) is 5.56 Å². The van der Waals surface area contributed by atoms with Crippen molar-refractivity contribution in [2.75, 3.05) is 34.2 Å². The third kappa shape index (κ3) is 9.25. The van der Waals surface area contributed by atoms with Gasteiger partial charge in [-0.2, -0.15) is 5.26 Å². The lowest BCUT2D eigenvalue weighted by atomic mass is 10.0. The van der Waals surface area contributed by atoms with E-state index in [9.17, 15) is 14.9 Å². The maximum absolute atomic E-state index is 10.3. The van der Waals surface area contributed by atoms with Gasteiger partial charge in [0.25, 0.3) is 0 Å². The summed E-state index contributed by atoms with van der Waals surface area (Å²) in [6, 6.07) is 10.2. The van der Waals surface area contributed by atoms with Crippen molar-refractivity contribution in [3.8, 4) is 29.1 Å². The number of ether oxygens (including phenoxy) is 4. The fourth-order valence-electron chi connectivity index (χ4n) is 2.87. The third-order valence-corrected chi connectivity index (χ3v) is 4.73. The van der Waals surface area contributed by atoms with Gasteiger partial charge in [0.1, 0.15) is 5.75 Å². The molecule has 0 aliphatic rings. The number of carbonyl (C=O) groups excluding carboxylic acids is 2. The Balaban J connectivity index is 0.000000948. The van der Waals surface area contributed by atoms with Crippen molar-refractivity contribution < 1.29 is 28.5 Å². The van der Waals surface area contributed by atoms with Crippen molar-refractivity contribution in [2.24, 2.45) is 17.2 Å². The number of hydrogen-bond donors (Lipinski definition) is 4. The number of nitriles is 1. The molecule has 2 rings (SSSR count). The molecule has 12 heteroatoms. The number of anilines is 1. The van der Waals surface area contributed by atoms with Gasteiger partial charge in [0, 0.05) is 6.42 Å². The summed E-state index contributed by atoms with van der Waals surface area (Å²) in [5.74, 6) is 0.931. The molecule has 0 saturated heterocycles. The average molecular weight is 522 g/mol. The van der Waals surface area contributed by atoms with Crippen LogP contribution in [0.1, 0.15) is 24.0 Å². The second-order valence-electron chi connectivity index (χ2n) is 7.10. The summed E-state index contributed by atoms with van der Waals surface area (Å²) in [7, 11) is 6.14. The number of amides is 2. The molecule has 0 bridgehead atoms. The van der Waals surface area contributed by atoms with E-state index in [1.54, 1.807) is 37.5 Å². The van der Waals surface area contributed by atoms with Crippen molar-refractivity contribution >= 4 is 41.6 Å². The van der Waals surface area contributed by atoms with E-state index in [2.05, 4.69) is 6.07 Å². The van der Waals surface area contributed by atoms with Gasteiger partial charge in [0.05, 0.1) is 51.8 Å². The van der Waals surface area contributed by atoms with E-state index in [1.165, 1.54) is 21.3 Å². The molecule has 0 aliphatic carbocycles. The number of allylic oxidation sites excluding steroid dienone is 1. The number of hydrogen-bond acceptors (Lipinski definition) is 9.